The van der Waals surface area contributed by atoms with E-state index < -0.39 is 10.0 Å². The highest BCUT2D eigenvalue weighted by Gasteiger charge is 2.14. The molecule has 0 saturated carbocycles. The van der Waals surface area contributed by atoms with Crippen molar-refractivity contribution in [3.8, 4) is 0 Å². The van der Waals surface area contributed by atoms with Crippen molar-refractivity contribution in [1.82, 2.24) is 4.98 Å². The standard InChI is InChI=1S/C11H9BrClN3O2S/c12-9-5-7(1-3-10(9)13)16-19(17,18)8-2-4-11(14)15-6-8/h1-6,16H,(H2,14,15). The van der Waals surface area contributed by atoms with Crippen LogP contribution in [0.4, 0.5) is 11.5 Å². The average molecular weight is 363 g/mol. The number of rotatable bonds is 3. The molecule has 1 aromatic carbocycles. The molecule has 0 aliphatic heterocycles. The fourth-order valence-electron chi connectivity index (χ4n) is 1.32. The van der Waals surface area contributed by atoms with Gasteiger partial charge in [-0.25, -0.2) is 13.4 Å². The van der Waals surface area contributed by atoms with Crippen LogP contribution in [0.3, 0.4) is 0 Å². The minimum Gasteiger partial charge on any atom is -0.384 e. The number of nitrogen functional groups attached to an aromatic ring is 1. The molecule has 3 N–H and O–H groups in total. The first-order valence-electron chi connectivity index (χ1n) is 5.08. The van der Waals surface area contributed by atoms with E-state index >= 15 is 0 Å². The first-order valence-corrected chi connectivity index (χ1v) is 7.73. The summed E-state index contributed by atoms with van der Waals surface area (Å²) in [5.74, 6) is 0.258. The van der Waals surface area contributed by atoms with Gasteiger partial charge in [-0.2, -0.15) is 0 Å². The van der Waals surface area contributed by atoms with E-state index in [9.17, 15) is 8.42 Å². The molecule has 1 aromatic heterocycles. The van der Waals surface area contributed by atoms with Crippen LogP contribution in [0.25, 0.3) is 0 Å². The monoisotopic (exact) mass is 361 g/mol. The van der Waals surface area contributed by atoms with E-state index in [2.05, 4.69) is 25.6 Å². The van der Waals surface area contributed by atoms with Crippen LogP contribution in [0.1, 0.15) is 0 Å². The van der Waals surface area contributed by atoms with Gasteiger partial charge < -0.3 is 5.73 Å². The van der Waals surface area contributed by atoms with Crippen LogP contribution < -0.4 is 10.5 Å². The van der Waals surface area contributed by atoms with Crippen LogP contribution >= 0.6 is 27.5 Å². The second kappa shape index (κ2) is 5.36. The summed E-state index contributed by atoms with van der Waals surface area (Å²) in [6.45, 7) is 0. The molecule has 0 aliphatic carbocycles. The van der Waals surface area contributed by atoms with Crippen molar-refractivity contribution in [2.75, 3.05) is 10.5 Å². The normalized spacial score (nSPS) is 11.3. The van der Waals surface area contributed by atoms with Crippen molar-refractivity contribution in [3.63, 3.8) is 0 Å². The maximum atomic E-state index is 12.1. The molecule has 8 heteroatoms. The number of aromatic nitrogens is 1. The van der Waals surface area contributed by atoms with Crippen molar-refractivity contribution in [2.24, 2.45) is 0 Å². The Morgan fingerprint density at radius 1 is 1.26 bits per heavy atom. The van der Waals surface area contributed by atoms with Crippen molar-refractivity contribution in [1.29, 1.82) is 0 Å². The summed E-state index contributed by atoms with van der Waals surface area (Å²) in [4.78, 5) is 3.78. The first-order chi connectivity index (χ1) is 8.88. The van der Waals surface area contributed by atoms with Crippen molar-refractivity contribution >= 4 is 49.1 Å². The molecule has 0 fully saturated rings. The maximum Gasteiger partial charge on any atom is 0.263 e. The zero-order chi connectivity index (χ0) is 14.0. The highest BCUT2D eigenvalue weighted by molar-refractivity contribution is 9.10. The maximum absolute atomic E-state index is 12.1. The van der Waals surface area contributed by atoms with E-state index in [1.165, 1.54) is 18.3 Å². The summed E-state index contributed by atoms with van der Waals surface area (Å²) in [7, 11) is -3.69. The van der Waals surface area contributed by atoms with E-state index in [1.807, 2.05) is 0 Å². The molecule has 0 bridgehead atoms. The largest absolute Gasteiger partial charge is 0.384 e. The summed E-state index contributed by atoms with van der Waals surface area (Å²) in [5, 5.41) is 0.497. The third-order valence-electron chi connectivity index (χ3n) is 2.24. The number of nitrogens with one attached hydrogen (secondary N) is 1. The van der Waals surface area contributed by atoms with Crippen LogP contribution in [0.15, 0.2) is 45.9 Å². The van der Waals surface area contributed by atoms with Gasteiger partial charge in [-0.15, -0.1) is 0 Å². The van der Waals surface area contributed by atoms with Crippen LogP contribution in [0, 0.1) is 0 Å². The Labute approximate surface area is 124 Å². The minimum absolute atomic E-state index is 0.0350. The van der Waals surface area contributed by atoms with Crippen molar-refractivity contribution in [3.05, 3.63) is 46.0 Å². The van der Waals surface area contributed by atoms with Crippen molar-refractivity contribution < 1.29 is 8.42 Å². The van der Waals surface area contributed by atoms with Crippen LogP contribution in [-0.2, 0) is 10.0 Å². The molecule has 0 amide bonds. The highest BCUT2D eigenvalue weighted by Crippen LogP contribution is 2.26. The van der Waals surface area contributed by atoms with Crippen LogP contribution in [0.5, 0.6) is 0 Å². The molecular weight excluding hydrogens is 354 g/mol. The van der Waals surface area contributed by atoms with Gasteiger partial charge in [0.2, 0.25) is 0 Å². The highest BCUT2D eigenvalue weighted by atomic mass is 79.9. The third-order valence-corrected chi connectivity index (χ3v) is 4.82. The number of nitrogens with two attached hydrogens (primary N) is 1. The van der Waals surface area contributed by atoms with E-state index in [0.717, 1.165) is 0 Å². The lowest BCUT2D eigenvalue weighted by molar-refractivity contribution is 0.601. The Balaban J connectivity index is 2.30. The number of anilines is 2. The second-order valence-corrected chi connectivity index (χ2v) is 6.60. The van der Waals surface area contributed by atoms with E-state index in [0.29, 0.717) is 15.2 Å². The van der Waals surface area contributed by atoms with Gasteiger partial charge in [-0.3, -0.25) is 4.72 Å². The predicted molar refractivity (Wildman–Crippen MR) is 78.6 cm³/mol. The molecule has 5 nitrogen and oxygen atoms in total. The van der Waals surface area contributed by atoms with Gasteiger partial charge >= 0.3 is 0 Å². The molecule has 19 heavy (non-hydrogen) atoms. The molecule has 1 heterocycles. The molecule has 0 atom stereocenters. The average Bonchev–Trinajstić information content (AvgIpc) is 2.34. The van der Waals surface area contributed by atoms with Crippen molar-refractivity contribution in [2.45, 2.75) is 4.90 Å². The predicted octanol–water partition coefficient (Wildman–Crippen LogP) is 2.88. The molecule has 2 aromatic rings. The summed E-state index contributed by atoms with van der Waals surface area (Å²) < 4.78 is 27.2. The lowest BCUT2D eigenvalue weighted by Gasteiger charge is -2.08. The summed E-state index contributed by atoms with van der Waals surface area (Å²) in [6, 6.07) is 7.53. The molecule has 0 saturated heterocycles. The van der Waals surface area contributed by atoms with Gasteiger partial charge in [-0.1, -0.05) is 11.6 Å². The number of nitrogens with zero attached hydrogens (tertiary/aromatic N) is 1. The summed E-state index contributed by atoms with van der Waals surface area (Å²) in [5.41, 5.74) is 5.81. The molecule has 100 valence electrons. The number of hydrogen-bond donors (Lipinski definition) is 2. The van der Waals surface area contributed by atoms with Gasteiger partial charge in [0, 0.05) is 10.7 Å². The van der Waals surface area contributed by atoms with Gasteiger partial charge in [0.15, 0.2) is 0 Å². The lowest BCUT2D eigenvalue weighted by atomic mass is 10.3. The van der Waals surface area contributed by atoms with Crippen LogP contribution in [-0.4, -0.2) is 13.4 Å². The van der Waals surface area contributed by atoms with Gasteiger partial charge in [0.05, 0.1) is 10.7 Å². The SMILES string of the molecule is Nc1ccc(S(=O)(=O)Nc2ccc(Cl)c(Br)c2)cn1. The minimum atomic E-state index is -3.69. The molecule has 0 aliphatic rings. The number of benzene rings is 1. The first kappa shape index (κ1) is 14.1. The Kier molecular flexibility index (Phi) is 3.98. The quantitative estimate of drug-likeness (QED) is 0.879. The molecule has 2 rings (SSSR count). The zero-order valence-corrected chi connectivity index (χ0v) is 12.6. The van der Waals surface area contributed by atoms with Crippen LogP contribution in [0.2, 0.25) is 5.02 Å². The summed E-state index contributed by atoms with van der Waals surface area (Å²) in [6.07, 6.45) is 1.20. The van der Waals surface area contributed by atoms with Gasteiger partial charge in [-0.05, 0) is 46.3 Å². The fourth-order valence-corrected chi connectivity index (χ4v) is 2.81. The molecule has 0 radical (unpaired) electrons. The Bertz CT molecular complexity index is 704. The van der Waals surface area contributed by atoms with Gasteiger partial charge in [0.25, 0.3) is 10.0 Å². The number of sulfonamides is 1. The Morgan fingerprint density at radius 3 is 2.58 bits per heavy atom. The van der Waals surface area contributed by atoms with Gasteiger partial charge in [0.1, 0.15) is 10.7 Å². The lowest BCUT2D eigenvalue weighted by Crippen LogP contribution is -2.13. The number of hydrogen-bond acceptors (Lipinski definition) is 4. The third kappa shape index (κ3) is 3.37. The summed E-state index contributed by atoms with van der Waals surface area (Å²) >= 11 is 9.06. The molecule has 0 spiro atoms. The van der Waals surface area contributed by atoms with E-state index in [4.69, 9.17) is 17.3 Å². The Hall–Kier alpha value is -1.31. The molecular formula is C11H9BrClN3O2S. The topological polar surface area (TPSA) is 85.1 Å². The zero-order valence-electron chi connectivity index (χ0n) is 9.47. The second-order valence-electron chi connectivity index (χ2n) is 3.65. The number of halogens is 2. The van der Waals surface area contributed by atoms with E-state index in [-0.39, 0.29) is 10.7 Å². The smallest absolute Gasteiger partial charge is 0.263 e. The van der Waals surface area contributed by atoms with E-state index in [1.54, 1.807) is 18.2 Å². The fraction of sp³-hybridized carbons (Fsp3) is 0. The number of pyridine rings is 1. The molecule has 0 unspecified atom stereocenters. The Morgan fingerprint density at radius 2 is 2.00 bits per heavy atom.